The van der Waals surface area contributed by atoms with Crippen molar-refractivity contribution < 1.29 is 9.47 Å². The van der Waals surface area contributed by atoms with Crippen LogP contribution in [0.2, 0.25) is 0 Å². The quantitative estimate of drug-likeness (QED) is 0.624. The summed E-state index contributed by atoms with van der Waals surface area (Å²) in [6.45, 7) is 6.86. The maximum atomic E-state index is 6.35. The summed E-state index contributed by atoms with van der Waals surface area (Å²) in [5.74, 6) is 0. The third-order valence-electron chi connectivity index (χ3n) is 4.57. The molecule has 0 saturated heterocycles. The topological polar surface area (TPSA) is 18.5 Å². The SMILES string of the molecule is CC(C)(C)CC(OC1CCCCC1)OC1CCCCC1. The van der Waals surface area contributed by atoms with Gasteiger partial charge < -0.3 is 9.47 Å². The molecule has 0 aromatic heterocycles. The van der Waals surface area contributed by atoms with Crippen LogP contribution in [-0.4, -0.2) is 18.5 Å². The fourth-order valence-corrected chi connectivity index (χ4v) is 3.46. The van der Waals surface area contributed by atoms with E-state index in [1.807, 2.05) is 0 Å². The molecule has 2 fully saturated rings. The highest BCUT2D eigenvalue weighted by atomic mass is 16.7. The highest BCUT2D eigenvalue weighted by molar-refractivity contribution is 4.72. The van der Waals surface area contributed by atoms with Crippen LogP contribution in [0.4, 0.5) is 0 Å². The van der Waals surface area contributed by atoms with Crippen LogP contribution in [0.5, 0.6) is 0 Å². The van der Waals surface area contributed by atoms with Gasteiger partial charge in [-0.3, -0.25) is 0 Å². The second kappa shape index (κ2) is 7.79. The molecule has 2 aliphatic rings. The molecule has 0 unspecified atom stereocenters. The van der Waals surface area contributed by atoms with E-state index in [1.54, 1.807) is 0 Å². The lowest BCUT2D eigenvalue weighted by Crippen LogP contribution is -2.33. The molecular formula is C18H34O2. The predicted molar refractivity (Wildman–Crippen MR) is 83.8 cm³/mol. The molecule has 20 heavy (non-hydrogen) atoms. The van der Waals surface area contributed by atoms with Gasteiger partial charge in [0.1, 0.15) is 0 Å². The Morgan fingerprint density at radius 1 is 0.750 bits per heavy atom. The van der Waals surface area contributed by atoms with Crippen LogP contribution < -0.4 is 0 Å². The van der Waals surface area contributed by atoms with Gasteiger partial charge in [-0.15, -0.1) is 0 Å². The molecule has 0 amide bonds. The minimum atomic E-state index is 0.0150. The fourth-order valence-electron chi connectivity index (χ4n) is 3.46. The summed E-state index contributed by atoms with van der Waals surface area (Å²) in [5, 5.41) is 0. The van der Waals surface area contributed by atoms with Crippen molar-refractivity contribution in [3.63, 3.8) is 0 Å². The van der Waals surface area contributed by atoms with E-state index in [1.165, 1.54) is 64.2 Å². The first-order chi connectivity index (χ1) is 9.53. The third-order valence-corrected chi connectivity index (χ3v) is 4.57. The minimum Gasteiger partial charge on any atom is -0.349 e. The van der Waals surface area contributed by atoms with E-state index in [-0.39, 0.29) is 11.7 Å². The van der Waals surface area contributed by atoms with E-state index in [9.17, 15) is 0 Å². The Morgan fingerprint density at radius 2 is 1.15 bits per heavy atom. The zero-order chi connectivity index (χ0) is 14.4. The van der Waals surface area contributed by atoms with Crippen molar-refractivity contribution >= 4 is 0 Å². The van der Waals surface area contributed by atoms with Crippen molar-refractivity contribution in [2.24, 2.45) is 5.41 Å². The van der Waals surface area contributed by atoms with Gasteiger partial charge in [-0.1, -0.05) is 59.3 Å². The zero-order valence-electron chi connectivity index (χ0n) is 13.8. The molecule has 0 atom stereocenters. The number of hydrogen-bond acceptors (Lipinski definition) is 2. The Kier molecular flexibility index (Phi) is 6.35. The van der Waals surface area contributed by atoms with Crippen molar-refractivity contribution in [2.45, 2.75) is 110 Å². The molecule has 2 aliphatic carbocycles. The first-order valence-electron chi connectivity index (χ1n) is 8.84. The van der Waals surface area contributed by atoms with E-state index in [0.717, 1.165) is 6.42 Å². The average Bonchev–Trinajstić information content (AvgIpc) is 2.39. The smallest absolute Gasteiger partial charge is 0.158 e. The third kappa shape index (κ3) is 6.13. The number of hydrogen-bond donors (Lipinski definition) is 0. The molecule has 2 heteroatoms. The molecule has 0 N–H and O–H groups in total. The maximum Gasteiger partial charge on any atom is 0.158 e. The van der Waals surface area contributed by atoms with Crippen molar-refractivity contribution in [3.05, 3.63) is 0 Å². The monoisotopic (exact) mass is 282 g/mol. The zero-order valence-corrected chi connectivity index (χ0v) is 13.8. The molecule has 118 valence electrons. The summed E-state index contributed by atoms with van der Waals surface area (Å²) >= 11 is 0. The van der Waals surface area contributed by atoms with Crippen LogP contribution in [0, 0.1) is 5.41 Å². The molecule has 0 heterocycles. The second-order valence-electron chi connectivity index (χ2n) is 7.99. The number of rotatable bonds is 5. The standard InChI is InChI=1S/C18H34O2/c1-18(2,3)14-17(19-15-10-6-4-7-11-15)20-16-12-8-5-9-13-16/h15-17H,4-14H2,1-3H3. The van der Waals surface area contributed by atoms with Crippen LogP contribution in [-0.2, 0) is 9.47 Å². The summed E-state index contributed by atoms with van der Waals surface area (Å²) in [6, 6.07) is 0. The van der Waals surface area contributed by atoms with Gasteiger partial charge in [0.05, 0.1) is 12.2 Å². The molecule has 2 nitrogen and oxygen atoms in total. The van der Waals surface area contributed by atoms with Crippen LogP contribution >= 0.6 is 0 Å². The Hall–Kier alpha value is -0.0800. The van der Waals surface area contributed by atoms with Gasteiger partial charge in [-0.05, 0) is 31.1 Å². The van der Waals surface area contributed by atoms with Gasteiger partial charge >= 0.3 is 0 Å². The summed E-state index contributed by atoms with van der Waals surface area (Å²) < 4.78 is 12.7. The molecule has 0 bridgehead atoms. The van der Waals surface area contributed by atoms with Gasteiger partial charge in [0.15, 0.2) is 6.29 Å². The van der Waals surface area contributed by atoms with E-state index in [0.29, 0.717) is 12.2 Å². The van der Waals surface area contributed by atoms with Gasteiger partial charge in [-0.2, -0.15) is 0 Å². The van der Waals surface area contributed by atoms with Crippen molar-refractivity contribution in [1.82, 2.24) is 0 Å². The second-order valence-corrected chi connectivity index (χ2v) is 7.99. The lowest BCUT2D eigenvalue weighted by atomic mass is 9.91. The lowest BCUT2D eigenvalue weighted by Gasteiger charge is -2.34. The molecule has 0 spiro atoms. The Morgan fingerprint density at radius 3 is 1.50 bits per heavy atom. The normalized spacial score (nSPS) is 23.4. The maximum absolute atomic E-state index is 6.35. The predicted octanol–water partition coefficient (Wildman–Crippen LogP) is 5.45. The first kappa shape index (κ1) is 16.3. The molecule has 2 rings (SSSR count). The van der Waals surface area contributed by atoms with E-state index < -0.39 is 0 Å². The fraction of sp³-hybridized carbons (Fsp3) is 1.00. The molecule has 2 saturated carbocycles. The molecular weight excluding hydrogens is 248 g/mol. The first-order valence-corrected chi connectivity index (χ1v) is 8.84. The average molecular weight is 282 g/mol. The summed E-state index contributed by atoms with van der Waals surface area (Å²) in [5.41, 5.74) is 0.272. The van der Waals surface area contributed by atoms with E-state index in [4.69, 9.17) is 9.47 Å². The highest BCUT2D eigenvalue weighted by Gasteiger charge is 2.27. The molecule has 0 aromatic rings. The Balaban J connectivity index is 1.85. The van der Waals surface area contributed by atoms with E-state index in [2.05, 4.69) is 20.8 Å². The highest BCUT2D eigenvalue weighted by Crippen LogP contribution is 2.30. The number of ether oxygens (including phenoxy) is 2. The Bertz CT molecular complexity index is 237. The van der Waals surface area contributed by atoms with Crippen LogP contribution in [0.3, 0.4) is 0 Å². The van der Waals surface area contributed by atoms with Crippen LogP contribution in [0.25, 0.3) is 0 Å². The van der Waals surface area contributed by atoms with Crippen molar-refractivity contribution in [2.75, 3.05) is 0 Å². The molecule has 0 aliphatic heterocycles. The largest absolute Gasteiger partial charge is 0.349 e. The van der Waals surface area contributed by atoms with Crippen LogP contribution in [0.1, 0.15) is 91.4 Å². The van der Waals surface area contributed by atoms with Gasteiger partial charge in [0.25, 0.3) is 0 Å². The minimum absolute atomic E-state index is 0.0150. The van der Waals surface area contributed by atoms with Crippen molar-refractivity contribution in [3.8, 4) is 0 Å². The lowest BCUT2D eigenvalue weighted by molar-refractivity contribution is -0.214. The summed E-state index contributed by atoms with van der Waals surface area (Å²) in [4.78, 5) is 0. The Labute approximate surface area is 125 Å². The summed E-state index contributed by atoms with van der Waals surface area (Å²) in [6.07, 6.45) is 14.9. The van der Waals surface area contributed by atoms with E-state index >= 15 is 0 Å². The van der Waals surface area contributed by atoms with Gasteiger partial charge in [0.2, 0.25) is 0 Å². The van der Waals surface area contributed by atoms with Crippen molar-refractivity contribution in [1.29, 1.82) is 0 Å². The van der Waals surface area contributed by atoms with Gasteiger partial charge in [0, 0.05) is 6.42 Å². The summed E-state index contributed by atoms with van der Waals surface area (Å²) in [7, 11) is 0. The van der Waals surface area contributed by atoms with Crippen LogP contribution in [0.15, 0.2) is 0 Å². The van der Waals surface area contributed by atoms with Gasteiger partial charge in [-0.25, -0.2) is 0 Å². The molecule has 0 radical (unpaired) electrons. The molecule has 0 aromatic carbocycles.